The Balaban J connectivity index is 1.31. The maximum atomic E-state index is 13.3. The number of aliphatic imine (C=N–C) groups is 1. The summed E-state index contributed by atoms with van der Waals surface area (Å²) in [5.41, 5.74) is 0.560. The molecular weight excluding hydrogens is 434 g/mol. The van der Waals surface area contributed by atoms with Gasteiger partial charge in [-0.2, -0.15) is 10.4 Å². The Morgan fingerprint density at radius 1 is 1.26 bits per heavy atom. The van der Waals surface area contributed by atoms with E-state index in [1.165, 1.54) is 51.2 Å². The van der Waals surface area contributed by atoms with Crippen molar-refractivity contribution in [1.82, 2.24) is 15.1 Å². The first kappa shape index (κ1) is 24.3. The molecule has 4 aliphatic rings. The number of nitrogens with zero attached hydrogens (tertiary/aromatic N) is 4. The molecule has 4 saturated carbocycles. The fraction of sp³-hybridized carbons (Fsp3) is 0.724. The van der Waals surface area contributed by atoms with Crippen LogP contribution >= 0.6 is 0 Å². The van der Waals surface area contributed by atoms with Crippen LogP contribution < -0.4 is 5.32 Å². The minimum Gasteiger partial charge on any atom is -0.383 e. The van der Waals surface area contributed by atoms with Crippen molar-refractivity contribution in [2.24, 2.45) is 51.8 Å². The van der Waals surface area contributed by atoms with Gasteiger partial charge in [0.05, 0.1) is 18.2 Å². The highest BCUT2D eigenvalue weighted by Gasteiger charge is 2.59. The van der Waals surface area contributed by atoms with Gasteiger partial charge in [0.15, 0.2) is 5.78 Å². The lowest BCUT2D eigenvalue weighted by Crippen LogP contribution is -2.52. The molecule has 35 heavy (non-hydrogen) atoms. The van der Waals surface area contributed by atoms with Crippen molar-refractivity contribution in [3.63, 3.8) is 0 Å². The van der Waals surface area contributed by atoms with Crippen molar-refractivity contribution in [3.8, 4) is 6.07 Å². The Morgan fingerprint density at radius 2 is 2.11 bits per heavy atom. The van der Waals surface area contributed by atoms with Gasteiger partial charge in [-0.25, -0.2) is 0 Å². The van der Waals surface area contributed by atoms with E-state index < -0.39 is 0 Å². The first-order chi connectivity index (χ1) is 17.0. The fourth-order valence-electron chi connectivity index (χ4n) is 9.13. The first-order valence-corrected chi connectivity index (χ1v) is 13.7. The zero-order valence-electron chi connectivity index (χ0n) is 21.6. The van der Waals surface area contributed by atoms with Crippen molar-refractivity contribution < 1.29 is 4.79 Å². The van der Waals surface area contributed by atoms with Gasteiger partial charge < -0.3 is 5.32 Å². The molecule has 1 unspecified atom stereocenters. The van der Waals surface area contributed by atoms with Gasteiger partial charge in [0, 0.05) is 37.8 Å². The quantitative estimate of drug-likeness (QED) is 0.452. The van der Waals surface area contributed by atoms with E-state index in [2.05, 4.69) is 47.2 Å². The third-order valence-electron chi connectivity index (χ3n) is 10.4. The number of aromatic nitrogens is 2. The van der Waals surface area contributed by atoms with Crippen molar-refractivity contribution in [2.45, 2.75) is 71.3 Å². The summed E-state index contributed by atoms with van der Waals surface area (Å²) in [6.45, 7) is 5.15. The van der Waals surface area contributed by atoms with E-state index in [1.807, 2.05) is 6.20 Å². The number of carbonyl (C=O) groups is 1. The average Bonchev–Trinajstić information content (AvgIpc) is 3.50. The topological polar surface area (TPSA) is 83.1 Å². The van der Waals surface area contributed by atoms with E-state index in [1.54, 1.807) is 13.2 Å². The van der Waals surface area contributed by atoms with E-state index in [9.17, 15) is 10.1 Å². The summed E-state index contributed by atoms with van der Waals surface area (Å²) < 4.78 is 2.28. The van der Waals surface area contributed by atoms with Crippen LogP contribution in [-0.4, -0.2) is 35.4 Å². The second-order valence-electron chi connectivity index (χ2n) is 12.1. The first-order valence-electron chi connectivity index (χ1n) is 13.7. The standard InChI is InChI=1S/C29H41N5O/c1-19-13-21-5-6-22-23(28(21)26(14-19)34-12-4-11-33-34)9-10-29(2)24(22)7-8-25(29)27(35)18-32-17-20(15-30)16-31-3/h4,11-12,16-17,19,21-26,28,32H,5-10,13-14,18H2,1-3H3/b20-17-,31-16?/t19-,21-,22-,23+,24+,25-,26?,28+,29+/m1/s1. The van der Waals surface area contributed by atoms with E-state index >= 15 is 0 Å². The molecule has 0 aliphatic heterocycles. The van der Waals surface area contributed by atoms with Crippen LogP contribution in [0.3, 0.4) is 0 Å². The summed E-state index contributed by atoms with van der Waals surface area (Å²) in [5, 5.41) is 17.0. The third kappa shape index (κ3) is 4.36. The molecule has 9 atom stereocenters. The molecule has 4 fully saturated rings. The van der Waals surface area contributed by atoms with Crippen molar-refractivity contribution >= 4 is 12.0 Å². The molecule has 1 aromatic rings. The molecule has 1 heterocycles. The number of nitriles is 1. The molecule has 1 aromatic heterocycles. The summed E-state index contributed by atoms with van der Waals surface area (Å²) in [7, 11) is 1.64. The second-order valence-corrected chi connectivity index (χ2v) is 12.1. The highest BCUT2D eigenvalue weighted by molar-refractivity contribution is 5.85. The minimum absolute atomic E-state index is 0.114. The summed E-state index contributed by atoms with van der Waals surface area (Å²) in [5.74, 6) is 4.96. The van der Waals surface area contributed by atoms with Gasteiger partial charge in [0.25, 0.3) is 0 Å². The molecule has 0 saturated heterocycles. The summed E-state index contributed by atoms with van der Waals surface area (Å²) >= 11 is 0. The Morgan fingerprint density at radius 3 is 2.86 bits per heavy atom. The number of Topliss-reactive ketones (excluding diaryl/α,β-unsaturated/α-hetero) is 1. The molecule has 0 amide bonds. The van der Waals surface area contributed by atoms with Crippen LogP contribution in [0.4, 0.5) is 0 Å². The van der Waals surface area contributed by atoms with Gasteiger partial charge in [-0.15, -0.1) is 0 Å². The SMILES string of the molecule is CN=C/C(C#N)=C\NCC(=O)[C@H]1CC[C@H]2[C@@H]3CC[C@@H]4C[C@@H](C)CC(n5cccn5)[C@@H]4[C@H]3CC[C@]12C. The van der Waals surface area contributed by atoms with Gasteiger partial charge in [-0.1, -0.05) is 13.8 Å². The Hall–Kier alpha value is -2.42. The summed E-state index contributed by atoms with van der Waals surface area (Å²) in [4.78, 5) is 17.2. The maximum Gasteiger partial charge on any atom is 0.155 e. The van der Waals surface area contributed by atoms with Gasteiger partial charge >= 0.3 is 0 Å². The number of hydrogen-bond acceptors (Lipinski definition) is 5. The number of allylic oxidation sites excluding steroid dienone is 1. The predicted octanol–water partition coefficient (Wildman–Crippen LogP) is 5.21. The number of carbonyl (C=O) groups excluding carboxylic acids is 1. The lowest BCUT2D eigenvalue weighted by Gasteiger charge is -2.57. The van der Waals surface area contributed by atoms with E-state index in [-0.39, 0.29) is 11.3 Å². The molecule has 0 radical (unpaired) electrons. The lowest BCUT2D eigenvalue weighted by molar-refractivity contribution is -0.130. The van der Waals surface area contributed by atoms with Gasteiger partial charge in [0.2, 0.25) is 0 Å². The lowest BCUT2D eigenvalue weighted by atomic mass is 9.48. The maximum absolute atomic E-state index is 13.3. The van der Waals surface area contributed by atoms with Gasteiger partial charge in [0.1, 0.15) is 6.07 Å². The smallest absolute Gasteiger partial charge is 0.155 e. The zero-order chi connectivity index (χ0) is 24.6. The normalized spacial score (nSPS) is 41.0. The average molecular weight is 476 g/mol. The molecule has 1 N–H and O–H groups in total. The summed E-state index contributed by atoms with van der Waals surface area (Å²) in [6, 6.07) is 4.72. The molecule has 0 spiro atoms. The Labute approximate surface area is 210 Å². The van der Waals surface area contributed by atoms with E-state index in [4.69, 9.17) is 5.10 Å². The van der Waals surface area contributed by atoms with Gasteiger partial charge in [-0.05, 0) is 98.4 Å². The van der Waals surface area contributed by atoms with Crippen LogP contribution in [0.2, 0.25) is 0 Å². The third-order valence-corrected chi connectivity index (χ3v) is 10.4. The zero-order valence-corrected chi connectivity index (χ0v) is 21.6. The molecule has 6 nitrogen and oxygen atoms in total. The Kier molecular flexibility index (Phi) is 6.88. The molecule has 5 rings (SSSR count). The van der Waals surface area contributed by atoms with Crippen LogP contribution in [-0.2, 0) is 4.79 Å². The largest absolute Gasteiger partial charge is 0.383 e. The van der Waals surface area contributed by atoms with E-state index in [0.29, 0.717) is 29.9 Å². The monoisotopic (exact) mass is 475 g/mol. The van der Waals surface area contributed by atoms with Crippen LogP contribution in [0, 0.1) is 58.2 Å². The molecule has 6 heteroatoms. The molecule has 0 aromatic carbocycles. The van der Waals surface area contributed by atoms with Crippen molar-refractivity contribution in [3.05, 3.63) is 30.2 Å². The minimum atomic E-state index is 0.114. The van der Waals surface area contributed by atoms with Crippen LogP contribution in [0.1, 0.15) is 71.3 Å². The van der Waals surface area contributed by atoms with Crippen molar-refractivity contribution in [2.75, 3.05) is 13.6 Å². The molecule has 0 bridgehead atoms. The number of rotatable bonds is 6. The van der Waals surface area contributed by atoms with Crippen LogP contribution in [0.15, 0.2) is 35.2 Å². The molecule has 4 aliphatic carbocycles. The molecule has 188 valence electrons. The van der Waals surface area contributed by atoms with Gasteiger partial charge in [-0.3, -0.25) is 14.5 Å². The summed E-state index contributed by atoms with van der Waals surface area (Å²) in [6.07, 6.45) is 17.2. The number of fused-ring (bicyclic) bond motifs is 5. The highest BCUT2D eigenvalue weighted by Crippen LogP contribution is 2.65. The van der Waals surface area contributed by atoms with Crippen LogP contribution in [0.25, 0.3) is 0 Å². The van der Waals surface area contributed by atoms with Crippen LogP contribution in [0.5, 0.6) is 0 Å². The fourth-order valence-corrected chi connectivity index (χ4v) is 9.13. The van der Waals surface area contributed by atoms with E-state index in [0.717, 1.165) is 36.0 Å². The number of ketones is 1. The highest BCUT2D eigenvalue weighted by atomic mass is 16.1. The van der Waals surface area contributed by atoms with Crippen molar-refractivity contribution in [1.29, 1.82) is 5.26 Å². The number of hydrogen-bond donors (Lipinski definition) is 1. The number of nitrogens with one attached hydrogen (secondary N) is 1. The second kappa shape index (κ2) is 9.91. The molecular formula is C29H41N5O. The Bertz CT molecular complexity index is 1010. The predicted molar refractivity (Wildman–Crippen MR) is 138 cm³/mol.